The van der Waals surface area contributed by atoms with Crippen molar-refractivity contribution in [3.8, 4) is 0 Å². The van der Waals surface area contributed by atoms with Crippen molar-refractivity contribution in [2.24, 2.45) is 0 Å². The Kier molecular flexibility index (Phi) is 4.57. The smallest absolute Gasteiger partial charge is 0.230 e. The molecule has 1 aliphatic rings. The summed E-state index contributed by atoms with van der Waals surface area (Å²) >= 11 is 3.45. The molecule has 26 heavy (non-hydrogen) atoms. The van der Waals surface area contributed by atoms with Crippen molar-refractivity contribution >= 4 is 32.9 Å². The van der Waals surface area contributed by atoms with Crippen molar-refractivity contribution in [1.29, 1.82) is 0 Å². The molecule has 1 aliphatic carbocycles. The molecule has 3 aromatic rings. The minimum Gasteiger partial charge on any atom is -0.355 e. The summed E-state index contributed by atoms with van der Waals surface area (Å²) in [6.07, 6.45) is 2.76. The van der Waals surface area contributed by atoms with Gasteiger partial charge in [0.1, 0.15) is 5.82 Å². The van der Waals surface area contributed by atoms with Gasteiger partial charge in [0.2, 0.25) is 5.91 Å². The summed E-state index contributed by atoms with van der Waals surface area (Å²) in [6.45, 7) is 3.58. The van der Waals surface area contributed by atoms with E-state index in [2.05, 4.69) is 49.0 Å². The van der Waals surface area contributed by atoms with Gasteiger partial charge in [-0.3, -0.25) is 4.79 Å². The van der Waals surface area contributed by atoms with Crippen LogP contribution < -0.4 is 5.32 Å². The van der Waals surface area contributed by atoms with E-state index in [9.17, 15) is 4.79 Å². The normalized spacial score (nSPS) is 15.2. The van der Waals surface area contributed by atoms with Gasteiger partial charge in [0, 0.05) is 17.6 Å². The molecule has 0 aliphatic heterocycles. The molecule has 1 heterocycles. The van der Waals surface area contributed by atoms with E-state index in [1.54, 1.807) is 0 Å². The molecule has 134 valence electrons. The number of hydrogen-bond donors (Lipinski definition) is 1. The molecule has 4 nitrogen and oxygen atoms in total. The Morgan fingerprint density at radius 1 is 1.19 bits per heavy atom. The Morgan fingerprint density at radius 2 is 1.92 bits per heavy atom. The Morgan fingerprint density at radius 3 is 2.65 bits per heavy atom. The number of benzene rings is 2. The van der Waals surface area contributed by atoms with Crippen LogP contribution in [0.15, 0.2) is 53.0 Å². The zero-order chi connectivity index (χ0) is 18.1. The summed E-state index contributed by atoms with van der Waals surface area (Å²) in [7, 11) is 0. The summed E-state index contributed by atoms with van der Waals surface area (Å²) in [6, 6.07) is 16.3. The Bertz CT molecular complexity index is 942. The highest BCUT2D eigenvalue weighted by Gasteiger charge is 2.50. The van der Waals surface area contributed by atoms with Crippen LogP contribution >= 0.6 is 15.9 Å². The molecule has 0 spiro atoms. The number of aromatic nitrogens is 2. The molecule has 0 radical (unpaired) electrons. The molecular formula is C21H22BrN3O. The maximum atomic E-state index is 12.7. The highest BCUT2D eigenvalue weighted by Crippen LogP contribution is 2.48. The Labute approximate surface area is 161 Å². The van der Waals surface area contributed by atoms with E-state index in [0.29, 0.717) is 6.54 Å². The lowest BCUT2D eigenvalue weighted by atomic mass is 9.95. The average molecular weight is 412 g/mol. The minimum atomic E-state index is -0.307. The number of nitrogens with zero attached hydrogens (tertiary/aromatic N) is 2. The van der Waals surface area contributed by atoms with Crippen molar-refractivity contribution in [2.45, 2.75) is 38.1 Å². The quantitative estimate of drug-likeness (QED) is 0.612. The van der Waals surface area contributed by atoms with Crippen molar-refractivity contribution in [1.82, 2.24) is 14.9 Å². The zero-order valence-electron chi connectivity index (χ0n) is 14.8. The fourth-order valence-electron chi connectivity index (χ4n) is 3.63. The van der Waals surface area contributed by atoms with Crippen LogP contribution in [-0.2, 0) is 16.8 Å². The average Bonchev–Trinajstić information content (AvgIpc) is 3.39. The third-order valence-corrected chi connectivity index (χ3v) is 5.80. The third kappa shape index (κ3) is 3.16. The Hall–Kier alpha value is -2.14. The van der Waals surface area contributed by atoms with Crippen LogP contribution in [0, 0.1) is 6.92 Å². The first kappa shape index (κ1) is 17.3. The number of rotatable bonds is 6. The molecule has 5 heteroatoms. The lowest BCUT2D eigenvalue weighted by molar-refractivity contribution is -0.123. The van der Waals surface area contributed by atoms with Gasteiger partial charge >= 0.3 is 0 Å². The lowest BCUT2D eigenvalue weighted by Crippen LogP contribution is -2.35. The van der Waals surface area contributed by atoms with Gasteiger partial charge in [0.25, 0.3) is 0 Å². The molecule has 1 amide bonds. The lowest BCUT2D eigenvalue weighted by Gasteiger charge is -2.16. The predicted octanol–water partition coefficient (Wildman–Crippen LogP) is 4.35. The molecule has 1 saturated carbocycles. The van der Waals surface area contributed by atoms with E-state index in [4.69, 9.17) is 0 Å². The molecule has 0 atom stereocenters. The van der Waals surface area contributed by atoms with Crippen LogP contribution in [0.3, 0.4) is 0 Å². The van der Waals surface area contributed by atoms with Crippen LogP contribution in [-0.4, -0.2) is 22.0 Å². The number of hydrogen-bond acceptors (Lipinski definition) is 2. The van der Waals surface area contributed by atoms with Crippen LogP contribution in [0.5, 0.6) is 0 Å². The first-order valence-corrected chi connectivity index (χ1v) is 9.86. The van der Waals surface area contributed by atoms with Crippen LogP contribution in [0.4, 0.5) is 0 Å². The number of carbonyl (C=O) groups excluding carboxylic acids is 1. The number of fused-ring (bicyclic) bond motifs is 1. The molecule has 0 unspecified atom stereocenters. The van der Waals surface area contributed by atoms with Gasteiger partial charge in [0.05, 0.1) is 16.4 Å². The third-order valence-electron chi connectivity index (χ3n) is 5.27. The number of nitrogens with one attached hydrogen (secondary N) is 1. The predicted molar refractivity (Wildman–Crippen MR) is 107 cm³/mol. The number of amides is 1. The van der Waals surface area contributed by atoms with Gasteiger partial charge in [-0.25, -0.2) is 4.98 Å². The van der Waals surface area contributed by atoms with Crippen LogP contribution in [0.1, 0.15) is 30.7 Å². The first-order chi connectivity index (χ1) is 12.6. The summed E-state index contributed by atoms with van der Waals surface area (Å²) in [4.78, 5) is 17.3. The number of aryl methyl sites for hydroxylation is 2. The van der Waals surface area contributed by atoms with Crippen molar-refractivity contribution in [3.63, 3.8) is 0 Å². The number of carbonyl (C=O) groups is 1. The van der Waals surface area contributed by atoms with E-state index in [-0.39, 0.29) is 11.3 Å². The molecule has 0 bridgehead atoms. The van der Waals surface area contributed by atoms with E-state index in [0.717, 1.165) is 52.7 Å². The highest BCUT2D eigenvalue weighted by atomic mass is 79.9. The molecule has 1 fully saturated rings. The maximum Gasteiger partial charge on any atom is 0.230 e. The second-order valence-electron chi connectivity index (χ2n) is 7.00. The van der Waals surface area contributed by atoms with E-state index >= 15 is 0 Å². The monoisotopic (exact) mass is 411 g/mol. The van der Waals surface area contributed by atoms with E-state index in [1.807, 2.05) is 37.3 Å². The van der Waals surface area contributed by atoms with Crippen LogP contribution in [0.25, 0.3) is 11.0 Å². The molecular weight excluding hydrogens is 390 g/mol. The fraction of sp³-hybridized carbons (Fsp3) is 0.333. The minimum absolute atomic E-state index is 0.159. The van der Waals surface area contributed by atoms with Crippen molar-refractivity contribution in [2.75, 3.05) is 6.54 Å². The SMILES string of the molecule is Cc1nc2ccccc2n1CCCNC(=O)C1(c2ccc(Br)cc2)CC1. The summed E-state index contributed by atoms with van der Waals surface area (Å²) in [5, 5.41) is 3.14. The number of imidazole rings is 1. The standard InChI is InChI=1S/C21H22BrN3O/c1-15-24-18-5-2-3-6-19(18)25(15)14-4-13-23-20(26)21(11-12-21)16-7-9-17(22)10-8-16/h2-3,5-10H,4,11-14H2,1H3,(H,23,26). The summed E-state index contributed by atoms with van der Waals surface area (Å²) in [5.41, 5.74) is 3.00. The van der Waals surface area contributed by atoms with Crippen molar-refractivity contribution in [3.05, 3.63) is 64.4 Å². The highest BCUT2D eigenvalue weighted by molar-refractivity contribution is 9.10. The largest absolute Gasteiger partial charge is 0.355 e. The van der Waals surface area contributed by atoms with Gasteiger partial charge in [-0.15, -0.1) is 0 Å². The van der Waals surface area contributed by atoms with Gasteiger partial charge in [0.15, 0.2) is 0 Å². The number of halogens is 1. The summed E-state index contributed by atoms with van der Waals surface area (Å²) in [5.74, 6) is 1.18. The van der Waals surface area contributed by atoms with E-state index < -0.39 is 0 Å². The fourth-order valence-corrected chi connectivity index (χ4v) is 3.89. The first-order valence-electron chi connectivity index (χ1n) is 9.06. The maximum absolute atomic E-state index is 12.7. The second kappa shape index (κ2) is 6.88. The summed E-state index contributed by atoms with van der Waals surface area (Å²) < 4.78 is 3.27. The molecule has 1 N–H and O–H groups in total. The topological polar surface area (TPSA) is 46.9 Å². The van der Waals surface area contributed by atoms with Crippen molar-refractivity contribution < 1.29 is 4.79 Å². The van der Waals surface area contributed by atoms with Gasteiger partial charge < -0.3 is 9.88 Å². The number of para-hydroxylation sites is 2. The Balaban J connectivity index is 1.35. The molecule has 2 aromatic carbocycles. The van der Waals surface area contributed by atoms with Gasteiger partial charge in [-0.05, 0) is 56.0 Å². The second-order valence-corrected chi connectivity index (χ2v) is 7.91. The van der Waals surface area contributed by atoms with Crippen LogP contribution in [0.2, 0.25) is 0 Å². The van der Waals surface area contributed by atoms with E-state index in [1.165, 1.54) is 0 Å². The van der Waals surface area contributed by atoms with Gasteiger partial charge in [-0.2, -0.15) is 0 Å². The zero-order valence-corrected chi connectivity index (χ0v) is 16.4. The molecule has 1 aromatic heterocycles. The van der Waals surface area contributed by atoms with Gasteiger partial charge in [-0.1, -0.05) is 40.2 Å². The molecule has 4 rings (SSSR count). The molecule has 0 saturated heterocycles.